The summed E-state index contributed by atoms with van der Waals surface area (Å²) in [5.74, 6) is 0. The monoisotopic (exact) mass is 218 g/mol. The second-order valence-corrected chi connectivity index (χ2v) is 3.83. The second kappa shape index (κ2) is 6.43. The van der Waals surface area contributed by atoms with Crippen molar-refractivity contribution in [3.05, 3.63) is 0 Å². The minimum Gasteiger partial charge on any atom is -0.382 e. The molecule has 0 N–H and O–H groups in total. The number of methoxy groups -OCH3 is 1. The van der Waals surface area contributed by atoms with Crippen molar-refractivity contribution in [1.29, 1.82) is 0 Å². The predicted molar refractivity (Wildman–Crippen MR) is 57.1 cm³/mol. The van der Waals surface area contributed by atoms with Crippen LogP contribution in [-0.4, -0.2) is 51.8 Å². The lowest BCUT2D eigenvalue weighted by Crippen LogP contribution is -2.58. The van der Waals surface area contributed by atoms with Crippen molar-refractivity contribution in [2.24, 2.45) is 0 Å². The van der Waals surface area contributed by atoms with Crippen LogP contribution in [0, 0.1) is 0 Å². The smallest absolute Gasteiger partial charge is 0.117 e. The van der Waals surface area contributed by atoms with Crippen molar-refractivity contribution < 1.29 is 18.9 Å². The largest absolute Gasteiger partial charge is 0.382 e. The Kier molecular flexibility index (Phi) is 5.53. The van der Waals surface area contributed by atoms with Gasteiger partial charge in [-0.25, -0.2) is 0 Å². The maximum atomic E-state index is 5.82. The van der Waals surface area contributed by atoms with Gasteiger partial charge in [-0.2, -0.15) is 0 Å². The van der Waals surface area contributed by atoms with Gasteiger partial charge in [0.25, 0.3) is 0 Å². The van der Waals surface area contributed by atoms with E-state index in [4.69, 9.17) is 18.9 Å². The lowest BCUT2D eigenvalue weighted by Gasteiger charge is -2.46. The molecule has 0 spiro atoms. The molecule has 1 rings (SSSR count). The lowest BCUT2D eigenvalue weighted by molar-refractivity contribution is -0.258. The van der Waals surface area contributed by atoms with E-state index in [2.05, 4.69) is 13.8 Å². The average Bonchev–Trinajstić information content (AvgIpc) is 2.26. The Labute approximate surface area is 91.8 Å². The SMILES string of the molecule is CCC1(OCCOCCOC)COC1C. The normalized spacial score (nSPS) is 30.2. The molecule has 2 atom stereocenters. The second-order valence-electron chi connectivity index (χ2n) is 3.83. The highest BCUT2D eigenvalue weighted by Gasteiger charge is 2.45. The van der Waals surface area contributed by atoms with E-state index in [0.29, 0.717) is 33.0 Å². The molecule has 0 aliphatic carbocycles. The molecular weight excluding hydrogens is 196 g/mol. The molecule has 4 nitrogen and oxygen atoms in total. The van der Waals surface area contributed by atoms with Crippen LogP contribution in [0.1, 0.15) is 20.3 Å². The number of rotatable bonds is 8. The first kappa shape index (κ1) is 12.9. The van der Waals surface area contributed by atoms with Gasteiger partial charge in [0, 0.05) is 7.11 Å². The van der Waals surface area contributed by atoms with Gasteiger partial charge in [-0.3, -0.25) is 0 Å². The van der Waals surface area contributed by atoms with Gasteiger partial charge in [-0.15, -0.1) is 0 Å². The topological polar surface area (TPSA) is 36.9 Å². The molecule has 0 radical (unpaired) electrons. The highest BCUT2D eigenvalue weighted by Crippen LogP contribution is 2.32. The molecule has 1 fully saturated rings. The highest BCUT2D eigenvalue weighted by molar-refractivity contribution is 4.93. The standard InChI is InChI=1S/C11H22O4/c1-4-11(9-14-10(11)2)15-8-7-13-6-5-12-3/h10H,4-9H2,1-3H3. The van der Waals surface area contributed by atoms with Crippen LogP contribution < -0.4 is 0 Å². The quantitative estimate of drug-likeness (QED) is 0.574. The molecule has 0 amide bonds. The molecule has 90 valence electrons. The van der Waals surface area contributed by atoms with Gasteiger partial charge in [-0.05, 0) is 13.3 Å². The molecule has 2 unspecified atom stereocenters. The zero-order valence-corrected chi connectivity index (χ0v) is 9.95. The van der Waals surface area contributed by atoms with E-state index in [1.807, 2.05) is 0 Å². The van der Waals surface area contributed by atoms with E-state index in [0.717, 1.165) is 6.42 Å². The molecule has 1 aliphatic heterocycles. The summed E-state index contributed by atoms with van der Waals surface area (Å²) in [6.45, 7) is 7.42. The Morgan fingerprint density at radius 3 is 2.47 bits per heavy atom. The fraction of sp³-hybridized carbons (Fsp3) is 1.00. The molecule has 1 heterocycles. The van der Waals surface area contributed by atoms with Gasteiger partial charge < -0.3 is 18.9 Å². The van der Waals surface area contributed by atoms with Gasteiger partial charge in [0.15, 0.2) is 0 Å². The van der Waals surface area contributed by atoms with Crippen molar-refractivity contribution in [3.8, 4) is 0 Å². The van der Waals surface area contributed by atoms with E-state index in [1.165, 1.54) is 0 Å². The van der Waals surface area contributed by atoms with Gasteiger partial charge in [-0.1, -0.05) is 6.92 Å². The zero-order chi connectivity index (χ0) is 11.1. The van der Waals surface area contributed by atoms with Crippen LogP contribution in [0.5, 0.6) is 0 Å². The van der Waals surface area contributed by atoms with E-state index in [1.54, 1.807) is 7.11 Å². The van der Waals surface area contributed by atoms with Crippen LogP contribution in [0.2, 0.25) is 0 Å². The van der Waals surface area contributed by atoms with Gasteiger partial charge in [0.1, 0.15) is 5.60 Å². The maximum Gasteiger partial charge on any atom is 0.117 e. The number of hydrogen-bond donors (Lipinski definition) is 0. The van der Waals surface area contributed by atoms with E-state index < -0.39 is 0 Å². The third-order valence-corrected chi connectivity index (χ3v) is 2.97. The maximum absolute atomic E-state index is 5.82. The molecule has 0 aromatic rings. The molecule has 0 aromatic carbocycles. The van der Waals surface area contributed by atoms with Crippen molar-refractivity contribution in [1.82, 2.24) is 0 Å². The van der Waals surface area contributed by atoms with Crippen molar-refractivity contribution in [3.63, 3.8) is 0 Å². The third-order valence-electron chi connectivity index (χ3n) is 2.97. The van der Waals surface area contributed by atoms with E-state index in [-0.39, 0.29) is 11.7 Å². The molecule has 0 aromatic heterocycles. The van der Waals surface area contributed by atoms with Gasteiger partial charge in [0.05, 0.1) is 39.1 Å². The minimum atomic E-state index is -0.0649. The first-order valence-corrected chi connectivity index (χ1v) is 5.57. The van der Waals surface area contributed by atoms with E-state index >= 15 is 0 Å². The van der Waals surface area contributed by atoms with Crippen LogP contribution in [0.3, 0.4) is 0 Å². The Hall–Kier alpha value is -0.160. The van der Waals surface area contributed by atoms with Crippen LogP contribution in [0.15, 0.2) is 0 Å². The fourth-order valence-corrected chi connectivity index (χ4v) is 1.63. The summed E-state index contributed by atoms with van der Waals surface area (Å²) in [6.07, 6.45) is 1.20. The van der Waals surface area contributed by atoms with Gasteiger partial charge in [0.2, 0.25) is 0 Å². The van der Waals surface area contributed by atoms with Crippen molar-refractivity contribution in [2.45, 2.75) is 32.0 Å². The summed E-state index contributed by atoms with van der Waals surface area (Å²) < 4.78 is 21.4. The van der Waals surface area contributed by atoms with E-state index in [9.17, 15) is 0 Å². The molecule has 1 aliphatic rings. The minimum absolute atomic E-state index is 0.0649. The lowest BCUT2D eigenvalue weighted by atomic mass is 9.90. The Morgan fingerprint density at radius 2 is 2.00 bits per heavy atom. The molecule has 4 heteroatoms. The highest BCUT2D eigenvalue weighted by atomic mass is 16.6. The molecule has 1 saturated heterocycles. The Balaban J connectivity index is 2.03. The summed E-state index contributed by atoms with van der Waals surface area (Å²) in [7, 11) is 1.67. The van der Waals surface area contributed by atoms with Crippen LogP contribution in [0.25, 0.3) is 0 Å². The first-order valence-electron chi connectivity index (χ1n) is 5.57. The molecule has 15 heavy (non-hydrogen) atoms. The van der Waals surface area contributed by atoms with Gasteiger partial charge >= 0.3 is 0 Å². The number of ether oxygens (including phenoxy) is 4. The number of hydrogen-bond acceptors (Lipinski definition) is 4. The third kappa shape index (κ3) is 3.41. The van der Waals surface area contributed by atoms with Crippen molar-refractivity contribution >= 4 is 0 Å². The fourth-order valence-electron chi connectivity index (χ4n) is 1.63. The molecule has 0 saturated carbocycles. The van der Waals surface area contributed by atoms with Crippen molar-refractivity contribution in [2.75, 3.05) is 40.1 Å². The Bertz CT molecular complexity index is 170. The summed E-state index contributed by atoms with van der Waals surface area (Å²) in [6, 6.07) is 0. The summed E-state index contributed by atoms with van der Waals surface area (Å²) >= 11 is 0. The summed E-state index contributed by atoms with van der Waals surface area (Å²) in [4.78, 5) is 0. The molecule has 0 bridgehead atoms. The zero-order valence-electron chi connectivity index (χ0n) is 9.95. The summed E-state index contributed by atoms with van der Waals surface area (Å²) in [5, 5.41) is 0. The van der Waals surface area contributed by atoms with Crippen LogP contribution >= 0.6 is 0 Å². The summed E-state index contributed by atoms with van der Waals surface area (Å²) in [5.41, 5.74) is -0.0649. The average molecular weight is 218 g/mol. The van der Waals surface area contributed by atoms with Crippen LogP contribution in [-0.2, 0) is 18.9 Å². The predicted octanol–water partition coefficient (Wildman–Crippen LogP) is 1.23. The first-order chi connectivity index (χ1) is 7.25. The Morgan fingerprint density at radius 1 is 1.27 bits per heavy atom. The van der Waals surface area contributed by atoms with Crippen LogP contribution in [0.4, 0.5) is 0 Å². The molecular formula is C11H22O4.